The van der Waals surface area contributed by atoms with E-state index in [2.05, 4.69) is 20.3 Å². The molecule has 0 aliphatic heterocycles. The van der Waals surface area contributed by atoms with E-state index in [1.807, 2.05) is 30.4 Å². The lowest BCUT2D eigenvalue weighted by molar-refractivity contribution is 0.393. The van der Waals surface area contributed by atoms with Crippen molar-refractivity contribution in [2.24, 2.45) is 0 Å². The summed E-state index contributed by atoms with van der Waals surface area (Å²) in [6, 6.07) is 3.94. The van der Waals surface area contributed by atoms with E-state index in [0.717, 1.165) is 28.5 Å². The number of nitrogens with one attached hydrogen (secondary N) is 1. The van der Waals surface area contributed by atoms with Crippen molar-refractivity contribution in [3.8, 4) is 5.88 Å². The quantitative estimate of drug-likeness (QED) is 0.795. The lowest BCUT2D eigenvalue weighted by atomic mass is 10.2. The first kappa shape index (κ1) is 14.4. The highest BCUT2D eigenvalue weighted by Gasteiger charge is 2.21. The van der Waals surface area contributed by atoms with Gasteiger partial charge in [-0.05, 0) is 37.8 Å². The van der Waals surface area contributed by atoms with Crippen LogP contribution < -0.4 is 10.1 Å². The third-order valence-electron chi connectivity index (χ3n) is 4.17. The van der Waals surface area contributed by atoms with Crippen LogP contribution in [-0.2, 0) is 19.4 Å². The average Bonchev–Trinajstić information content (AvgIpc) is 3.13. The number of hydrogen-bond acceptors (Lipinski definition) is 6. The summed E-state index contributed by atoms with van der Waals surface area (Å²) in [4.78, 5) is 16.1. The predicted molar refractivity (Wildman–Crippen MR) is 92.3 cm³/mol. The van der Waals surface area contributed by atoms with Crippen LogP contribution in [0.25, 0.3) is 10.2 Å². The lowest BCUT2D eigenvalue weighted by Crippen LogP contribution is -2.06. The molecule has 0 bridgehead atoms. The van der Waals surface area contributed by atoms with Gasteiger partial charge >= 0.3 is 0 Å². The Balaban J connectivity index is 1.71. The number of hydrogen-bond donors (Lipinski definition) is 1. The molecule has 4 rings (SSSR count). The first-order valence-corrected chi connectivity index (χ1v) is 8.58. The van der Waals surface area contributed by atoms with Gasteiger partial charge in [-0.25, -0.2) is 15.0 Å². The van der Waals surface area contributed by atoms with Gasteiger partial charge in [-0.15, -0.1) is 11.3 Å². The van der Waals surface area contributed by atoms with Crippen LogP contribution >= 0.6 is 11.3 Å². The molecule has 3 heterocycles. The molecule has 0 saturated carbocycles. The fourth-order valence-electron chi connectivity index (χ4n) is 3.15. The molecule has 3 aromatic heterocycles. The fourth-order valence-corrected chi connectivity index (χ4v) is 4.46. The van der Waals surface area contributed by atoms with E-state index >= 15 is 0 Å². The van der Waals surface area contributed by atoms with E-state index < -0.39 is 0 Å². The highest BCUT2D eigenvalue weighted by Crippen LogP contribution is 2.39. The van der Waals surface area contributed by atoms with Crippen LogP contribution in [-0.4, -0.2) is 22.1 Å². The monoisotopic (exact) mass is 326 g/mol. The molecular weight excluding hydrogens is 308 g/mol. The SMILES string of the molecule is COc1ncccc1CNc1nc(C)nc2sc3c(c12)CCC3. The minimum atomic E-state index is 0.632. The molecular formula is C17H18N4OS. The normalized spacial score (nSPS) is 13.3. The lowest BCUT2D eigenvalue weighted by Gasteiger charge is -2.11. The number of methoxy groups -OCH3 is 1. The van der Waals surface area contributed by atoms with Gasteiger partial charge in [-0.2, -0.15) is 0 Å². The summed E-state index contributed by atoms with van der Waals surface area (Å²) in [5, 5.41) is 4.68. The molecule has 0 fully saturated rings. The van der Waals surface area contributed by atoms with Crippen molar-refractivity contribution >= 4 is 27.4 Å². The smallest absolute Gasteiger partial charge is 0.218 e. The Morgan fingerprint density at radius 1 is 1.30 bits per heavy atom. The third kappa shape index (κ3) is 2.53. The zero-order valence-electron chi connectivity index (χ0n) is 13.2. The Hall–Kier alpha value is -2.21. The van der Waals surface area contributed by atoms with Crippen molar-refractivity contribution in [1.82, 2.24) is 15.0 Å². The molecule has 0 saturated heterocycles. The summed E-state index contributed by atoms with van der Waals surface area (Å²) in [7, 11) is 1.64. The van der Waals surface area contributed by atoms with Gasteiger partial charge in [0.15, 0.2) is 0 Å². The number of thiophene rings is 1. The number of pyridine rings is 1. The number of rotatable bonds is 4. The molecule has 0 atom stereocenters. The second-order valence-electron chi connectivity index (χ2n) is 5.68. The van der Waals surface area contributed by atoms with E-state index in [-0.39, 0.29) is 0 Å². The fraction of sp³-hybridized carbons (Fsp3) is 0.353. The number of anilines is 1. The summed E-state index contributed by atoms with van der Waals surface area (Å²) in [6.07, 6.45) is 5.28. The number of aromatic nitrogens is 3. The van der Waals surface area contributed by atoms with Crippen molar-refractivity contribution in [1.29, 1.82) is 0 Å². The molecule has 5 nitrogen and oxygen atoms in total. The summed E-state index contributed by atoms with van der Waals surface area (Å²) in [5.74, 6) is 2.38. The van der Waals surface area contributed by atoms with Crippen LogP contribution in [0.4, 0.5) is 5.82 Å². The molecule has 1 N–H and O–H groups in total. The maximum atomic E-state index is 5.32. The van der Waals surface area contributed by atoms with Gasteiger partial charge in [0.2, 0.25) is 5.88 Å². The highest BCUT2D eigenvalue weighted by molar-refractivity contribution is 7.19. The van der Waals surface area contributed by atoms with Crippen molar-refractivity contribution in [3.05, 3.63) is 40.2 Å². The Kier molecular flexibility index (Phi) is 3.61. The molecule has 0 aromatic carbocycles. The molecule has 0 unspecified atom stereocenters. The van der Waals surface area contributed by atoms with Crippen molar-refractivity contribution in [2.75, 3.05) is 12.4 Å². The standard InChI is InChI=1S/C17H18N4OS/c1-10-20-15(19-9-11-5-4-8-18-16(11)22-2)14-12-6-3-7-13(12)23-17(14)21-10/h4-5,8H,3,6-7,9H2,1-2H3,(H,19,20,21). The zero-order valence-corrected chi connectivity index (χ0v) is 14.0. The topological polar surface area (TPSA) is 59.9 Å². The van der Waals surface area contributed by atoms with Gasteiger partial charge in [0.05, 0.1) is 12.5 Å². The van der Waals surface area contributed by atoms with Crippen molar-refractivity contribution < 1.29 is 4.74 Å². The maximum absolute atomic E-state index is 5.32. The van der Waals surface area contributed by atoms with Crippen LogP contribution in [0.1, 0.15) is 28.2 Å². The first-order chi connectivity index (χ1) is 11.3. The average molecular weight is 326 g/mol. The van der Waals surface area contributed by atoms with Crippen LogP contribution in [0.15, 0.2) is 18.3 Å². The molecule has 3 aromatic rings. The number of aryl methyl sites for hydroxylation is 3. The summed E-state index contributed by atoms with van der Waals surface area (Å²) >= 11 is 1.82. The summed E-state index contributed by atoms with van der Waals surface area (Å²) in [5.41, 5.74) is 2.46. The minimum Gasteiger partial charge on any atom is -0.481 e. The Labute approximate surface area is 138 Å². The van der Waals surface area contributed by atoms with Gasteiger partial charge in [0.25, 0.3) is 0 Å². The molecule has 23 heavy (non-hydrogen) atoms. The molecule has 1 aliphatic carbocycles. The van der Waals surface area contributed by atoms with Crippen molar-refractivity contribution in [2.45, 2.75) is 32.7 Å². The van der Waals surface area contributed by atoms with E-state index in [1.165, 1.54) is 28.7 Å². The Bertz CT molecular complexity index is 874. The van der Waals surface area contributed by atoms with E-state index in [0.29, 0.717) is 12.4 Å². The Morgan fingerprint density at radius 3 is 3.09 bits per heavy atom. The van der Waals surface area contributed by atoms with Gasteiger partial charge in [0, 0.05) is 23.2 Å². The third-order valence-corrected chi connectivity index (χ3v) is 5.35. The molecule has 118 valence electrons. The molecule has 0 spiro atoms. The summed E-state index contributed by atoms with van der Waals surface area (Å²) < 4.78 is 5.32. The van der Waals surface area contributed by atoms with Crippen LogP contribution in [0.3, 0.4) is 0 Å². The maximum Gasteiger partial charge on any atom is 0.218 e. The second-order valence-corrected chi connectivity index (χ2v) is 6.77. The van der Waals surface area contributed by atoms with Gasteiger partial charge in [0.1, 0.15) is 16.5 Å². The van der Waals surface area contributed by atoms with Crippen LogP contribution in [0.2, 0.25) is 0 Å². The second kappa shape index (κ2) is 5.77. The van der Waals surface area contributed by atoms with Crippen molar-refractivity contribution in [3.63, 3.8) is 0 Å². The number of nitrogens with zero attached hydrogens (tertiary/aromatic N) is 3. The van der Waals surface area contributed by atoms with E-state index in [4.69, 9.17) is 4.74 Å². The number of ether oxygens (including phenoxy) is 1. The predicted octanol–water partition coefficient (Wildman–Crippen LogP) is 3.50. The molecule has 0 radical (unpaired) electrons. The van der Waals surface area contributed by atoms with Gasteiger partial charge < -0.3 is 10.1 Å². The van der Waals surface area contributed by atoms with E-state index in [1.54, 1.807) is 13.3 Å². The van der Waals surface area contributed by atoms with Crippen LogP contribution in [0.5, 0.6) is 5.88 Å². The van der Waals surface area contributed by atoms with Crippen LogP contribution in [0, 0.1) is 6.92 Å². The number of fused-ring (bicyclic) bond motifs is 3. The Morgan fingerprint density at radius 2 is 2.22 bits per heavy atom. The molecule has 1 aliphatic rings. The van der Waals surface area contributed by atoms with Gasteiger partial charge in [-0.1, -0.05) is 6.07 Å². The largest absolute Gasteiger partial charge is 0.481 e. The first-order valence-electron chi connectivity index (χ1n) is 7.77. The van der Waals surface area contributed by atoms with Gasteiger partial charge in [-0.3, -0.25) is 0 Å². The molecule has 6 heteroatoms. The highest BCUT2D eigenvalue weighted by atomic mass is 32.1. The summed E-state index contributed by atoms with van der Waals surface area (Å²) in [6.45, 7) is 2.58. The molecule has 0 amide bonds. The zero-order chi connectivity index (χ0) is 15.8. The minimum absolute atomic E-state index is 0.632. The van der Waals surface area contributed by atoms with E-state index in [9.17, 15) is 0 Å².